The van der Waals surface area contributed by atoms with Crippen LogP contribution in [0.4, 0.5) is 0 Å². The van der Waals surface area contributed by atoms with Gasteiger partial charge in [-0.05, 0) is 13.0 Å². The van der Waals surface area contributed by atoms with Gasteiger partial charge in [-0.15, -0.1) is 0 Å². The molecule has 0 aromatic rings. The Kier molecular flexibility index (Phi) is 9.40. The van der Waals surface area contributed by atoms with E-state index in [1.807, 2.05) is 0 Å². The number of morpholine rings is 1. The molecule has 102 valence electrons. The Morgan fingerprint density at radius 2 is 1.82 bits per heavy atom. The van der Waals surface area contributed by atoms with Crippen LogP contribution in [0.3, 0.4) is 0 Å². The Morgan fingerprint density at radius 1 is 1.12 bits per heavy atom. The van der Waals surface area contributed by atoms with Gasteiger partial charge < -0.3 is 4.74 Å². The summed E-state index contributed by atoms with van der Waals surface area (Å²) in [7, 11) is 0. The van der Waals surface area contributed by atoms with Crippen LogP contribution in [0.15, 0.2) is 0 Å². The fourth-order valence-electron chi connectivity index (χ4n) is 2.37. The maximum atomic E-state index is 5.64. The average Bonchev–Trinajstić information content (AvgIpc) is 2.38. The van der Waals surface area contributed by atoms with Gasteiger partial charge in [0.05, 0.1) is 12.7 Å². The van der Waals surface area contributed by atoms with Gasteiger partial charge in [0.15, 0.2) is 0 Å². The molecule has 0 aromatic heterocycles. The van der Waals surface area contributed by atoms with Crippen molar-refractivity contribution in [1.82, 2.24) is 4.90 Å². The van der Waals surface area contributed by atoms with Crippen molar-refractivity contribution in [3.8, 4) is 0 Å². The predicted octanol–water partition coefficient (Wildman–Crippen LogP) is 3.83. The number of rotatable bonds is 9. The first-order chi connectivity index (χ1) is 8.36. The Morgan fingerprint density at radius 3 is 2.53 bits per heavy atom. The van der Waals surface area contributed by atoms with Crippen LogP contribution < -0.4 is 0 Å². The minimum absolute atomic E-state index is 0.410. The molecule has 1 aliphatic heterocycles. The highest BCUT2D eigenvalue weighted by Gasteiger charge is 2.18. The van der Waals surface area contributed by atoms with Gasteiger partial charge in [0.2, 0.25) is 0 Å². The van der Waals surface area contributed by atoms with Crippen molar-refractivity contribution in [2.75, 3.05) is 31.6 Å². The van der Waals surface area contributed by atoms with Crippen molar-refractivity contribution in [2.45, 2.75) is 58.0 Å². The molecule has 1 heterocycles. The second-order valence-electron chi connectivity index (χ2n) is 5.07. The topological polar surface area (TPSA) is 12.5 Å². The van der Waals surface area contributed by atoms with Crippen LogP contribution in [-0.4, -0.2) is 42.6 Å². The van der Waals surface area contributed by atoms with E-state index in [2.05, 4.69) is 27.8 Å². The minimum atomic E-state index is 0.410. The summed E-state index contributed by atoms with van der Waals surface area (Å²) in [4.78, 5) is 2.56. The summed E-state index contributed by atoms with van der Waals surface area (Å²) in [5, 5.41) is 0.973. The zero-order valence-electron chi connectivity index (χ0n) is 11.3. The van der Waals surface area contributed by atoms with Crippen molar-refractivity contribution in [1.29, 1.82) is 0 Å². The smallest absolute Gasteiger partial charge is 0.0799 e. The summed E-state index contributed by atoms with van der Waals surface area (Å²) in [5.41, 5.74) is 0. The number of hydrogen-bond donors (Lipinski definition) is 0. The van der Waals surface area contributed by atoms with Crippen LogP contribution in [-0.2, 0) is 4.74 Å². The van der Waals surface area contributed by atoms with Crippen molar-refractivity contribution >= 4 is 15.9 Å². The third-order valence-corrected chi connectivity index (χ3v) is 4.20. The zero-order valence-corrected chi connectivity index (χ0v) is 12.9. The van der Waals surface area contributed by atoms with Crippen LogP contribution in [0.1, 0.15) is 51.9 Å². The monoisotopic (exact) mass is 305 g/mol. The van der Waals surface area contributed by atoms with E-state index in [4.69, 9.17) is 4.74 Å². The fraction of sp³-hybridized carbons (Fsp3) is 1.00. The first-order valence-electron chi connectivity index (χ1n) is 7.26. The van der Waals surface area contributed by atoms with Gasteiger partial charge in [-0.1, -0.05) is 61.4 Å². The van der Waals surface area contributed by atoms with E-state index in [-0.39, 0.29) is 0 Å². The Bertz CT molecular complexity index is 178. The Hall–Kier alpha value is 0.400. The zero-order chi connectivity index (χ0) is 12.3. The number of alkyl halides is 1. The molecule has 17 heavy (non-hydrogen) atoms. The molecule has 0 amide bonds. The number of ether oxygens (including phenoxy) is 1. The fourth-order valence-corrected chi connectivity index (χ4v) is 2.76. The maximum Gasteiger partial charge on any atom is 0.0799 e. The molecule has 0 aromatic carbocycles. The molecular weight excluding hydrogens is 278 g/mol. The first kappa shape index (κ1) is 15.5. The van der Waals surface area contributed by atoms with Crippen LogP contribution in [0.25, 0.3) is 0 Å². The maximum absolute atomic E-state index is 5.64. The molecule has 1 aliphatic rings. The SMILES string of the molecule is CCCCCCCCCN1CCOC(CBr)C1. The first-order valence-corrected chi connectivity index (χ1v) is 8.39. The highest BCUT2D eigenvalue weighted by Crippen LogP contribution is 2.11. The highest BCUT2D eigenvalue weighted by atomic mass is 79.9. The minimum Gasteiger partial charge on any atom is -0.375 e. The van der Waals surface area contributed by atoms with Gasteiger partial charge in [-0.2, -0.15) is 0 Å². The third kappa shape index (κ3) is 7.43. The molecule has 0 saturated carbocycles. The van der Waals surface area contributed by atoms with E-state index in [0.717, 1.165) is 25.0 Å². The number of halogens is 1. The van der Waals surface area contributed by atoms with E-state index < -0.39 is 0 Å². The molecule has 1 fully saturated rings. The molecule has 1 saturated heterocycles. The van der Waals surface area contributed by atoms with Crippen molar-refractivity contribution < 1.29 is 4.74 Å². The summed E-state index contributed by atoms with van der Waals surface area (Å²) in [6.07, 6.45) is 10.2. The molecule has 0 bridgehead atoms. The molecule has 1 rings (SSSR count). The second-order valence-corrected chi connectivity index (χ2v) is 5.72. The van der Waals surface area contributed by atoms with E-state index >= 15 is 0 Å². The van der Waals surface area contributed by atoms with Crippen molar-refractivity contribution in [2.24, 2.45) is 0 Å². The third-order valence-electron chi connectivity index (χ3n) is 3.47. The Balaban J connectivity index is 1.91. The summed E-state index contributed by atoms with van der Waals surface area (Å²) in [5.74, 6) is 0. The molecule has 0 aliphatic carbocycles. The predicted molar refractivity (Wildman–Crippen MR) is 78.0 cm³/mol. The summed E-state index contributed by atoms with van der Waals surface area (Å²) in [6.45, 7) is 6.69. The summed E-state index contributed by atoms with van der Waals surface area (Å²) >= 11 is 3.50. The van der Waals surface area contributed by atoms with E-state index in [0.29, 0.717) is 6.10 Å². The lowest BCUT2D eigenvalue weighted by molar-refractivity contribution is -0.0155. The molecule has 3 heteroatoms. The van der Waals surface area contributed by atoms with E-state index in [9.17, 15) is 0 Å². The lowest BCUT2D eigenvalue weighted by atomic mass is 10.1. The van der Waals surface area contributed by atoms with Gasteiger partial charge in [0, 0.05) is 18.4 Å². The average molecular weight is 306 g/mol. The standard InChI is InChI=1S/C14H28BrNO/c1-2-3-4-5-6-7-8-9-16-10-11-17-14(12-15)13-16/h14H,2-13H2,1H3. The van der Waals surface area contributed by atoms with Gasteiger partial charge in [-0.3, -0.25) is 4.90 Å². The van der Waals surface area contributed by atoms with Gasteiger partial charge in [0.25, 0.3) is 0 Å². The molecule has 1 atom stereocenters. The number of unbranched alkanes of at least 4 members (excludes halogenated alkanes) is 6. The number of hydrogen-bond acceptors (Lipinski definition) is 2. The lowest BCUT2D eigenvalue weighted by Crippen LogP contribution is -2.43. The highest BCUT2D eigenvalue weighted by molar-refractivity contribution is 9.09. The normalized spacial score (nSPS) is 21.9. The molecule has 0 spiro atoms. The van der Waals surface area contributed by atoms with Crippen molar-refractivity contribution in [3.63, 3.8) is 0 Å². The van der Waals surface area contributed by atoms with E-state index in [1.165, 1.54) is 51.5 Å². The second kappa shape index (κ2) is 10.3. The van der Waals surface area contributed by atoms with Crippen LogP contribution >= 0.6 is 15.9 Å². The Labute approximate surface area is 115 Å². The molecule has 1 unspecified atom stereocenters. The van der Waals surface area contributed by atoms with Crippen LogP contribution in [0, 0.1) is 0 Å². The van der Waals surface area contributed by atoms with E-state index in [1.54, 1.807) is 0 Å². The summed E-state index contributed by atoms with van der Waals surface area (Å²) in [6, 6.07) is 0. The largest absolute Gasteiger partial charge is 0.375 e. The van der Waals surface area contributed by atoms with Crippen LogP contribution in [0.5, 0.6) is 0 Å². The molecule has 0 N–H and O–H groups in total. The summed E-state index contributed by atoms with van der Waals surface area (Å²) < 4.78 is 5.64. The van der Waals surface area contributed by atoms with Gasteiger partial charge in [-0.25, -0.2) is 0 Å². The van der Waals surface area contributed by atoms with Crippen LogP contribution in [0.2, 0.25) is 0 Å². The van der Waals surface area contributed by atoms with Gasteiger partial charge in [0.1, 0.15) is 0 Å². The molecular formula is C14H28BrNO. The lowest BCUT2D eigenvalue weighted by Gasteiger charge is -2.32. The quantitative estimate of drug-likeness (QED) is 0.474. The molecule has 2 nitrogen and oxygen atoms in total. The molecule has 0 radical (unpaired) electrons. The van der Waals surface area contributed by atoms with Crippen molar-refractivity contribution in [3.05, 3.63) is 0 Å². The van der Waals surface area contributed by atoms with Gasteiger partial charge >= 0.3 is 0 Å². The number of nitrogens with zero attached hydrogens (tertiary/aromatic N) is 1.